The summed E-state index contributed by atoms with van der Waals surface area (Å²) < 4.78 is 5.04. The molecular formula is C22H22Cl2N6S2. The van der Waals surface area contributed by atoms with Gasteiger partial charge in [-0.2, -0.15) is 10.2 Å². The molecule has 4 aromatic rings. The number of aromatic nitrogens is 6. The molecule has 10 heteroatoms. The maximum Gasteiger partial charge on any atom is 0.199 e. The van der Waals surface area contributed by atoms with Gasteiger partial charge >= 0.3 is 0 Å². The number of aryl methyl sites for hydroxylation is 4. The van der Waals surface area contributed by atoms with Crippen LogP contribution in [-0.4, -0.2) is 29.5 Å². The van der Waals surface area contributed by atoms with E-state index in [1.54, 1.807) is 0 Å². The van der Waals surface area contributed by atoms with Crippen LogP contribution in [0.5, 0.6) is 0 Å². The van der Waals surface area contributed by atoms with Crippen molar-refractivity contribution >= 4 is 47.6 Å². The summed E-state index contributed by atoms with van der Waals surface area (Å²) in [6, 6.07) is 11.5. The lowest BCUT2D eigenvalue weighted by molar-refractivity contribution is 0.669. The van der Waals surface area contributed by atoms with Gasteiger partial charge in [-0.05, 0) is 86.5 Å². The zero-order valence-corrected chi connectivity index (χ0v) is 20.8. The van der Waals surface area contributed by atoms with E-state index in [-0.39, 0.29) is 0 Å². The minimum atomic E-state index is 0.558. The average Bonchev–Trinajstić information content (AvgIpc) is 3.31. The van der Waals surface area contributed by atoms with Crippen LogP contribution in [-0.2, 0) is 12.8 Å². The number of nitrogens with one attached hydrogen (secondary N) is 2. The topological polar surface area (TPSA) is 67.2 Å². The first-order chi connectivity index (χ1) is 15.3. The van der Waals surface area contributed by atoms with Crippen LogP contribution in [0.15, 0.2) is 36.4 Å². The van der Waals surface area contributed by atoms with Gasteiger partial charge in [0, 0.05) is 22.9 Å². The smallest absolute Gasteiger partial charge is 0.199 e. The van der Waals surface area contributed by atoms with Crippen molar-refractivity contribution in [3.63, 3.8) is 0 Å². The fourth-order valence-electron chi connectivity index (χ4n) is 3.70. The van der Waals surface area contributed by atoms with Crippen LogP contribution < -0.4 is 0 Å². The van der Waals surface area contributed by atoms with Gasteiger partial charge in [0.25, 0.3) is 0 Å². The number of rotatable bonds is 7. The molecule has 0 spiro atoms. The molecule has 2 aromatic heterocycles. The Hall–Kier alpha value is -2.26. The molecule has 0 aliphatic heterocycles. The van der Waals surface area contributed by atoms with Gasteiger partial charge in [0.15, 0.2) is 9.54 Å². The van der Waals surface area contributed by atoms with Crippen molar-refractivity contribution in [2.45, 2.75) is 39.5 Å². The molecule has 4 rings (SSSR count). The van der Waals surface area contributed by atoms with Crippen LogP contribution in [0.25, 0.3) is 11.4 Å². The maximum atomic E-state index is 6.21. The SMILES string of the molecule is Cc1ccc(Cl)cc1-n1c(CCCCc2n[nH]c(=S)n2-c2cc(Cl)ccc2C)n[nH]c1=S. The second kappa shape index (κ2) is 9.70. The molecule has 32 heavy (non-hydrogen) atoms. The van der Waals surface area contributed by atoms with Crippen LogP contribution in [0.4, 0.5) is 0 Å². The Morgan fingerprint density at radius 2 is 1.16 bits per heavy atom. The van der Waals surface area contributed by atoms with Crippen LogP contribution in [0.2, 0.25) is 10.0 Å². The number of benzene rings is 2. The summed E-state index contributed by atoms with van der Waals surface area (Å²) >= 11 is 23.4. The van der Waals surface area contributed by atoms with Crippen molar-refractivity contribution in [3.05, 3.63) is 78.8 Å². The predicted molar refractivity (Wildman–Crippen MR) is 134 cm³/mol. The highest BCUT2D eigenvalue weighted by molar-refractivity contribution is 7.71. The molecular weight excluding hydrogens is 483 g/mol. The van der Waals surface area contributed by atoms with E-state index in [4.69, 9.17) is 47.6 Å². The van der Waals surface area contributed by atoms with Gasteiger partial charge in [-0.1, -0.05) is 35.3 Å². The highest BCUT2D eigenvalue weighted by atomic mass is 35.5. The van der Waals surface area contributed by atoms with E-state index in [9.17, 15) is 0 Å². The Balaban J connectivity index is 1.49. The van der Waals surface area contributed by atoms with Gasteiger partial charge in [0.05, 0.1) is 11.4 Å². The van der Waals surface area contributed by atoms with E-state index < -0.39 is 0 Å². The van der Waals surface area contributed by atoms with Crippen LogP contribution in [0.3, 0.4) is 0 Å². The first-order valence-corrected chi connectivity index (χ1v) is 11.8. The Morgan fingerprint density at radius 3 is 1.56 bits per heavy atom. The van der Waals surface area contributed by atoms with E-state index in [2.05, 4.69) is 20.4 Å². The number of hydrogen-bond acceptors (Lipinski definition) is 4. The Labute approximate surface area is 206 Å². The molecule has 2 aromatic carbocycles. The molecule has 166 valence electrons. The second-order valence-corrected chi connectivity index (χ2v) is 9.28. The van der Waals surface area contributed by atoms with Gasteiger partial charge in [0.1, 0.15) is 11.6 Å². The van der Waals surface area contributed by atoms with Crippen molar-refractivity contribution in [3.8, 4) is 11.4 Å². The second-order valence-electron chi connectivity index (χ2n) is 7.63. The summed E-state index contributed by atoms with van der Waals surface area (Å²) in [6.07, 6.45) is 3.35. The van der Waals surface area contributed by atoms with Crippen LogP contribution in [0.1, 0.15) is 35.6 Å². The van der Waals surface area contributed by atoms with E-state index in [0.717, 1.165) is 59.8 Å². The minimum absolute atomic E-state index is 0.558. The standard InChI is InChI=1S/C22H22Cl2N6S2/c1-13-7-9-15(23)11-17(13)29-19(25-27-21(29)31)5-3-4-6-20-26-28-22(32)30(20)18-12-16(24)10-8-14(18)2/h7-12H,3-6H2,1-2H3,(H,27,31)(H,28,32). The largest absolute Gasteiger partial charge is 0.272 e. The quantitative estimate of drug-likeness (QED) is 0.218. The van der Waals surface area contributed by atoms with Gasteiger partial charge < -0.3 is 0 Å². The number of unbranched alkanes of at least 4 members (excludes halogenated alkanes) is 1. The monoisotopic (exact) mass is 504 g/mol. The lowest BCUT2D eigenvalue weighted by Crippen LogP contribution is -2.06. The lowest BCUT2D eigenvalue weighted by atomic mass is 10.1. The number of H-pyrrole nitrogens is 2. The third kappa shape index (κ3) is 4.73. The third-order valence-electron chi connectivity index (χ3n) is 5.36. The van der Waals surface area contributed by atoms with Crippen molar-refractivity contribution < 1.29 is 0 Å². The van der Waals surface area contributed by atoms with Crippen LogP contribution in [0, 0.1) is 23.4 Å². The summed E-state index contributed by atoms with van der Waals surface area (Å²) in [5.74, 6) is 1.76. The molecule has 6 nitrogen and oxygen atoms in total. The molecule has 0 bridgehead atoms. The van der Waals surface area contributed by atoms with Crippen molar-refractivity contribution in [2.75, 3.05) is 0 Å². The number of hydrogen-bond donors (Lipinski definition) is 2. The summed E-state index contributed by atoms with van der Waals surface area (Å²) in [5, 5.41) is 16.0. The normalized spacial score (nSPS) is 11.2. The highest BCUT2D eigenvalue weighted by Gasteiger charge is 2.13. The molecule has 0 unspecified atom stereocenters. The molecule has 0 amide bonds. The molecule has 0 saturated heterocycles. The lowest BCUT2D eigenvalue weighted by Gasteiger charge is -2.11. The fraction of sp³-hybridized carbons (Fsp3) is 0.273. The van der Waals surface area contributed by atoms with Gasteiger partial charge in [-0.3, -0.25) is 19.3 Å². The zero-order valence-electron chi connectivity index (χ0n) is 17.7. The molecule has 2 N–H and O–H groups in total. The van der Waals surface area contributed by atoms with E-state index in [1.165, 1.54) is 0 Å². The van der Waals surface area contributed by atoms with Gasteiger partial charge in [0.2, 0.25) is 0 Å². The third-order valence-corrected chi connectivity index (χ3v) is 6.38. The van der Waals surface area contributed by atoms with Crippen molar-refractivity contribution in [1.29, 1.82) is 0 Å². The Morgan fingerprint density at radius 1 is 0.750 bits per heavy atom. The maximum absolute atomic E-state index is 6.21. The van der Waals surface area contributed by atoms with Crippen LogP contribution >= 0.6 is 47.6 Å². The van der Waals surface area contributed by atoms with Gasteiger partial charge in [-0.15, -0.1) is 0 Å². The molecule has 0 radical (unpaired) electrons. The molecule has 0 fully saturated rings. The summed E-state index contributed by atoms with van der Waals surface area (Å²) in [4.78, 5) is 0. The van der Waals surface area contributed by atoms with E-state index in [1.807, 2.05) is 59.4 Å². The first kappa shape index (κ1) is 22.9. The Bertz CT molecular complexity index is 1280. The minimum Gasteiger partial charge on any atom is -0.272 e. The van der Waals surface area contributed by atoms with E-state index in [0.29, 0.717) is 19.6 Å². The predicted octanol–water partition coefficient (Wildman–Crippen LogP) is 6.66. The molecule has 0 saturated carbocycles. The molecule has 0 aliphatic rings. The molecule has 0 aliphatic carbocycles. The fourth-order valence-corrected chi connectivity index (χ4v) is 4.54. The number of nitrogens with zero attached hydrogens (tertiary/aromatic N) is 4. The summed E-state index contributed by atoms with van der Waals surface area (Å²) in [7, 11) is 0. The number of halogens is 2. The summed E-state index contributed by atoms with van der Waals surface area (Å²) in [6.45, 7) is 4.06. The van der Waals surface area contributed by atoms with Gasteiger partial charge in [-0.25, -0.2) is 0 Å². The number of aromatic amines is 2. The first-order valence-electron chi connectivity index (χ1n) is 10.2. The van der Waals surface area contributed by atoms with E-state index >= 15 is 0 Å². The zero-order chi connectivity index (χ0) is 22.8. The molecule has 0 atom stereocenters. The average molecular weight is 506 g/mol. The summed E-state index contributed by atoms with van der Waals surface area (Å²) in [5.41, 5.74) is 4.06. The van der Waals surface area contributed by atoms with Crippen molar-refractivity contribution in [1.82, 2.24) is 29.5 Å². The Kier molecular flexibility index (Phi) is 6.95. The van der Waals surface area contributed by atoms with Crippen molar-refractivity contribution in [2.24, 2.45) is 0 Å². The molecule has 2 heterocycles. The highest BCUT2D eigenvalue weighted by Crippen LogP contribution is 2.23.